The highest BCUT2D eigenvalue weighted by molar-refractivity contribution is 14.1. The second kappa shape index (κ2) is 8.61. The van der Waals surface area contributed by atoms with E-state index < -0.39 is 0 Å². The Labute approximate surface area is 166 Å². The monoisotopic (exact) mass is 480 g/mol. The molecule has 0 aromatic heterocycles. The number of hydrogen-bond donors (Lipinski definition) is 1. The summed E-state index contributed by atoms with van der Waals surface area (Å²) in [6.45, 7) is 4.44. The molecule has 2 rings (SSSR count). The number of hydrogen-bond acceptors (Lipinski definition) is 3. The second-order valence-electron chi connectivity index (χ2n) is 5.74. The molecule has 24 heavy (non-hydrogen) atoms. The Morgan fingerprint density at radius 3 is 2.54 bits per heavy atom. The minimum atomic E-state index is 0.0977. The number of benzene rings is 2. The van der Waals surface area contributed by atoms with E-state index in [1.54, 1.807) is 7.11 Å². The van der Waals surface area contributed by atoms with Crippen molar-refractivity contribution in [1.82, 2.24) is 0 Å². The zero-order valence-electron chi connectivity index (χ0n) is 13.7. The first kappa shape index (κ1) is 19.6. The fourth-order valence-corrected chi connectivity index (χ4v) is 3.46. The highest BCUT2D eigenvalue weighted by atomic mass is 127. The van der Waals surface area contributed by atoms with E-state index >= 15 is 0 Å². The molecule has 0 heterocycles. The van der Waals surface area contributed by atoms with E-state index in [-0.39, 0.29) is 12.5 Å². The Morgan fingerprint density at radius 2 is 1.92 bits per heavy atom. The summed E-state index contributed by atoms with van der Waals surface area (Å²) >= 11 is 14.6. The number of halogens is 3. The van der Waals surface area contributed by atoms with E-state index in [9.17, 15) is 5.11 Å². The number of ether oxygens (including phenoxy) is 2. The van der Waals surface area contributed by atoms with Crippen molar-refractivity contribution in [2.75, 3.05) is 13.9 Å². The maximum absolute atomic E-state index is 9.80. The summed E-state index contributed by atoms with van der Waals surface area (Å²) in [6.07, 6.45) is 0.582. The number of phenols is 1. The summed E-state index contributed by atoms with van der Waals surface area (Å²) in [5, 5.41) is 10.8. The van der Waals surface area contributed by atoms with E-state index in [2.05, 4.69) is 19.9 Å². The fraction of sp³-hybridized carbons (Fsp3) is 0.333. The molecule has 130 valence electrons. The lowest BCUT2D eigenvalue weighted by Gasteiger charge is -2.16. The third-order valence-electron chi connectivity index (χ3n) is 3.64. The smallest absolute Gasteiger partial charge is 0.188 e. The van der Waals surface area contributed by atoms with Crippen LogP contribution in [0.15, 0.2) is 24.3 Å². The minimum Gasteiger partial charge on any atom is -0.507 e. The first-order chi connectivity index (χ1) is 11.3. The lowest BCUT2D eigenvalue weighted by atomic mass is 9.96. The van der Waals surface area contributed by atoms with Crippen molar-refractivity contribution in [1.29, 1.82) is 0 Å². The third kappa shape index (κ3) is 4.48. The van der Waals surface area contributed by atoms with E-state index in [0.29, 0.717) is 26.0 Å². The van der Waals surface area contributed by atoms with E-state index in [1.807, 2.05) is 34.7 Å². The van der Waals surface area contributed by atoms with Gasteiger partial charge in [-0.1, -0.05) is 49.2 Å². The van der Waals surface area contributed by atoms with Crippen LogP contribution in [-0.2, 0) is 11.2 Å². The minimum absolute atomic E-state index is 0.0977. The van der Waals surface area contributed by atoms with Crippen LogP contribution in [0.4, 0.5) is 0 Å². The Kier molecular flexibility index (Phi) is 7.04. The Bertz CT molecular complexity index is 733. The quantitative estimate of drug-likeness (QED) is 0.313. The summed E-state index contributed by atoms with van der Waals surface area (Å²) < 4.78 is 11.2. The molecule has 0 saturated heterocycles. The lowest BCUT2D eigenvalue weighted by molar-refractivity contribution is 0.0502. The van der Waals surface area contributed by atoms with Gasteiger partial charge in [0.2, 0.25) is 0 Å². The van der Waals surface area contributed by atoms with Crippen molar-refractivity contribution in [3.05, 3.63) is 54.6 Å². The normalized spacial score (nSPS) is 11.1. The van der Waals surface area contributed by atoms with Gasteiger partial charge in [-0.25, -0.2) is 0 Å². The van der Waals surface area contributed by atoms with E-state index in [1.165, 1.54) is 6.07 Å². The standard InChI is InChI=1S/C18H19Cl2IO3/c1-10(2)12-6-11(4-5-16(12)24-9-23-3)7-13-14(19)8-15(22)18(21)17(13)20/h4-6,8,10,22H,7,9H2,1-3H3. The van der Waals surface area contributed by atoms with Crippen LogP contribution in [0.1, 0.15) is 36.5 Å². The largest absolute Gasteiger partial charge is 0.507 e. The maximum atomic E-state index is 9.80. The second-order valence-corrected chi connectivity index (χ2v) is 7.60. The molecular weight excluding hydrogens is 462 g/mol. The Balaban J connectivity index is 2.37. The SMILES string of the molecule is COCOc1ccc(Cc2c(Cl)cc(O)c(I)c2Cl)cc1C(C)C. The van der Waals surface area contributed by atoms with Crippen molar-refractivity contribution in [2.45, 2.75) is 26.2 Å². The van der Waals surface area contributed by atoms with Crippen molar-refractivity contribution >= 4 is 45.8 Å². The Morgan fingerprint density at radius 1 is 1.21 bits per heavy atom. The number of aromatic hydroxyl groups is 1. The van der Waals surface area contributed by atoms with Crippen LogP contribution in [0.5, 0.6) is 11.5 Å². The van der Waals surface area contributed by atoms with Gasteiger partial charge in [0.05, 0.1) is 8.59 Å². The summed E-state index contributed by atoms with van der Waals surface area (Å²) in [4.78, 5) is 0. The van der Waals surface area contributed by atoms with Gasteiger partial charge in [0.25, 0.3) is 0 Å². The molecule has 0 spiro atoms. The molecule has 0 aliphatic rings. The van der Waals surface area contributed by atoms with Crippen LogP contribution in [-0.4, -0.2) is 19.0 Å². The predicted molar refractivity (Wildman–Crippen MR) is 107 cm³/mol. The first-order valence-corrected chi connectivity index (χ1v) is 9.28. The maximum Gasteiger partial charge on any atom is 0.188 e. The predicted octanol–water partition coefficient (Wildman–Crippen LogP) is 6.00. The first-order valence-electron chi connectivity index (χ1n) is 7.45. The molecule has 0 bridgehead atoms. The van der Waals surface area contributed by atoms with Crippen LogP contribution in [0.3, 0.4) is 0 Å². The molecule has 2 aromatic rings. The van der Waals surface area contributed by atoms with Crippen molar-refractivity contribution in [2.24, 2.45) is 0 Å². The van der Waals surface area contributed by atoms with Gasteiger partial charge in [-0.3, -0.25) is 0 Å². The fourth-order valence-electron chi connectivity index (χ4n) is 2.40. The van der Waals surface area contributed by atoms with Gasteiger partial charge in [0.15, 0.2) is 6.79 Å². The number of rotatable bonds is 6. The summed E-state index contributed by atoms with van der Waals surface area (Å²) in [6, 6.07) is 7.56. The molecule has 0 fully saturated rings. The van der Waals surface area contributed by atoms with Crippen LogP contribution in [0, 0.1) is 3.57 Å². The molecule has 0 aliphatic carbocycles. The highest BCUT2D eigenvalue weighted by Gasteiger charge is 2.16. The van der Waals surface area contributed by atoms with Gasteiger partial charge < -0.3 is 14.6 Å². The average Bonchev–Trinajstić information content (AvgIpc) is 2.55. The Hall–Kier alpha value is -0.690. The molecule has 0 aliphatic heterocycles. The van der Waals surface area contributed by atoms with Gasteiger partial charge in [-0.2, -0.15) is 0 Å². The zero-order chi connectivity index (χ0) is 17.9. The van der Waals surface area contributed by atoms with Crippen molar-refractivity contribution < 1.29 is 14.6 Å². The van der Waals surface area contributed by atoms with E-state index in [4.69, 9.17) is 32.7 Å². The molecule has 0 saturated carbocycles. The average molecular weight is 481 g/mol. The van der Waals surface area contributed by atoms with Crippen LogP contribution >= 0.6 is 45.8 Å². The molecule has 2 aromatic carbocycles. The number of methoxy groups -OCH3 is 1. The molecule has 0 amide bonds. The third-order valence-corrected chi connectivity index (χ3v) is 5.81. The van der Waals surface area contributed by atoms with Gasteiger partial charge in [0, 0.05) is 18.6 Å². The van der Waals surface area contributed by atoms with Crippen molar-refractivity contribution in [3.8, 4) is 11.5 Å². The van der Waals surface area contributed by atoms with Gasteiger partial charge in [-0.05, 0) is 57.3 Å². The molecule has 1 N–H and O–H groups in total. The molecule has 6 heteroatoms. The van der Waals surface area contributed by atoms with Crippen LogP contribution in [0.2, 0.25) is 10.0 Å². The lowest BCUT2D eigenvalue weighted by Crippen LogP contribution is -2.04. The molecule has 0 radical (unpaired) electrons. The summed E-state index contributed by atoms with van der Waals surface area (Å²) in [5.74, 6) is 1.22. The molecular formula is C18H19Cl2IO3. The molecule has 0 unspecified atom stereocenters. The summed E-state index contributed by atoms with van der Waals surface area (Å²) in [5.41, 5.74) is 2.99. The van der Waals surface area contributed by atoms with E-state index in [0.717, 1.165) is 22.4 Å². The highest BCUT2D eigenvalue weighted by Crippen LogP contribution is 2.37. The van der Waals surface area contributed by atoms with Crippen molar-refractivity contribution in [3.63, 3.8) is 0 Å². The zero-order valence-corrected chi connectivity index (χ0v) is 17.4. The molecule has 3 nitrogen and oxygen atoms in total. The van der Waals surface area contributed by atoms with Crippen LogP contribution < -0.4 is 4.74 Å². The van der Waals surface area contributed by atoms with Gasteiger partial charge >= 0.3 is 0 Å². The topological polar surface area (TPSA) is 38.7 Å². The molecule has 0 atom stereocenters. The van der Waals surface area contributed by atoms with Crippen LogP contribution in [0.25, 0.3) is 0 Å². The summed E-state index contributed by atoms with van der Waals surface area (Å²) in [7, 11) is 1.60. The van der Waals surface area contributed by atoms with Gasteiger partial charge in [-0.15, -0.1) is 0 Å². The number of phenolic OH excluding ortho intramolecular Hbond substituents is 1. The van der Waals surface area contributed by atoms with Gasteiger partial charge in [0.1, 0.15) is 11.5 Å².